The molecule has 1 saturated heterocycles. The lowest BCUT2D eigenvalue weighted by molar-refractivity contribution is -0.123. The molecular weight excluding hydrogens is 339 g/mol. The molecule has 0 radical (unpaired) electrons. The van der Waals surface area contributed by atoms with E-state index in [2.05, 4.69) is 5.32 Å². The van der Waals surface area contributed by atoms with Crippen molar-refractivity contribution in [3.8, 4) is 0 Å². The van der Waals surface area contributed by atoms with Gasteiger partial charge in [0.25, 0.3) is 5.91 Å². The van der Waals surface area contributed by atoms with Crippen LogP contribution in [0.15, 0.2) is 41.8 Å². The molecule has 1 saturated carbocycles. The van der Waals surface area contributed by atoms with E-state index in [1.165, 1.54) is 24.3 Å². The Morgan fingerprint density at radius 3 is 2.80 bits per heavy atom. The molecule has 4 rings (SSSR count). The second-order valence-electron chi connectivity index (χ2n) is 6.90. The van der Waals surface area contributed by atoms with Crippen LogP contribution in [0.5, 0.6) is 0 Å². The number of nitrogens with one attached hydrogen (secondary N) is 1. The molecule has 2 fully saturated rings. The van der Waals surface area contributed by atoms with Crippen LogP contribution in [-0.2, 0) is 11.3 Å². The van der Waals surface area contributed by atoms with Gasteiger partial charge in [-0.05, 0) is 48.6 Å². The molecule has 1 aliphatic heterocycles. The number of hydrogen-bond donors (Lipinski definition) is 1. The van der Waals surface area contributed by atoms with Crippen LogP contribution in [0, 0.1) is 17.2 Å². The number of likely N-dealkylation sites (tertiary alicyclic amines) is 1. The normalized spacial score (nSPS) is 24.5. The quantitative estimate of drug-likeness (QED) is 0.913. The number of benzene rings is 1. The lowest BCUT2D eigenvalue weighted by Gasteiger charge is -2.17. The van der Waals surface area contributed by atoms with Crippen LogP contribution in [0.4, 0.5) is 4.39 Å². The summed E-state index contributed by atoms with van der Waals surface area (Å²) in [5, 5.41) is 5.00. The van der Waals surface area contributed by atoms with Gasteiger partial charge in [-0.3, -0.25) is 9.59 Å². The summed E-state index contributed by atoms with van der Waals surface area (Å²) in [5.74, 6) is -0.344. The third-order valence-corrected chi connectivity index (χ3v) is 6.16. The van der Waals surface area contributed by atoms with Crippen molar-refractivity contribution in [2.24, 2.45) is 11.3 Å². The Morgan fingerprint density at radius 1 is 1.28 bits per heavy atom. The average molecular weight is 358 g/mol. The van der Waals surface area contributed by atoms with Crippen molar-refractivity contribution in [1.29, 1.82) is 0 Å². The maximum Gasteiger partial charge on any atom is 0.253 e. The lowest BCUT2D eigenvalue weighted by atomic mass is 10.0. The molecule has 2 amide bonds. The number of thiophene rings is 1. The van der Waals surface area contributed by atoms with E-state index in [4.69, 9.17) is 0 Å². The van der Waals surface area contributed by atoms with E-state index < -0.39 is 0 Å². The SMILES string of the molecule is O=C(NCc1cccs1)[C@H]1C[C@]12CCN(C(=O)c1ccc(F)cc1)C2. The van der Waals surface area contributed by atoms with Crippen LogP contribution in [0.25, 0.3) is 0 Å². The predicted octanol–water partition coefficient (Wildman–Crippen LogP) is 3.06. The molecule has 1 aliphatic carbocycles. The first-order valence-corrected chi connectivity index (χ1v) is 9.30. The van der Waals surface area contributed by atoms with Gasteiger partial charge in [0.1, 0.15) is 5.82 Å². The fraction of sp³-hybridized carbons (Fsp3) is 0.368. The van der Waals surface area contributed by atoms with Gasteiger partial charge in [0.2, 0.25) is 5.91 Å². The summed E-state index contributed by atoms with van der Waals surface area (Å²) < 4.78 is 13.0. The van der Waals surface area contributed by atoms with Gasteiger partial charge >= 0.3 is 0 Å². The van der Waals surface area contributed by atoms with Gasteiger partial charge in [0.15, 0.2) is 0 Å². The maximum absolute atomic E-state index is 13.0. The van der Waals surface area contributed by atoms with Crippen LogP contribution in [0.3, 0.4) is 0 Å². The highest BCUT2D eigenvalue weighted by Crippen LogP contribution is 2.58. The zero-order valence-corrected chi connectivity index (χ0v) is 14.5. The van der Waals surface area contributed by atoms with Gasteiger partial charge < -0.3 is 10.2 Å². The highest BCUT2D eigenvalue weighted by molar-refractivity contribution is 7.09. The standard InChI is InChI=1S/C19H19FN2O2S/c20-14-5-3-13(4-6-14)18(24)22-8-7-19(12-22)10-16(19)17(23)21-11-15-2-1-9-25-15/h1-6,9,16H,7-8,10-12H2,(H,21,23)/t16-,19+/m1/s1. The monoisotopic (exact) mass is 358 g/mol. The van der Waals surface area contributed by atoms with Gasteiger partial charge in [-0.2, -0.15) is 0 Å². The summed E-state index contributed by atoms with van der Waals surface area (Å²) in [4.78, 5) is 27.9. The van der Waals surface area contributed by atoms with Crippen molar-refractivity contribution in [2.45, 2.75) is 19.4 Å². The number of halogens is 1. The predicted molar refractivity (Wildman–Crippen MR) is 93.6 cm³/mol. The van der Waals surface area contributed by atoms with Gasteiger partial charge in [0.05, 0.1) is 6.54 Å². The van der Waals surface area contributed by atoms with Crippen molar-refractivity contribution in [3.63, 3.8) is 0 Å². The van der Waals surface area contributed by atoms with E-state index in [9.17, 15) is 14.0 Å². The maximum atomic E-state index is 13.0. The molecule has 130 valence electrons. The Morgan fingerprint density at radius 2 is 2.08 bits per heavy atom. The van der Waals surface area contributed by atoms with Crippen LogP contribution in [-0.4, -0.2) is 29.8 Å². The highest BCUT2D eigenvalue weighted by Gasteiger charge is 2.61. The van der Waals surface area contributed by atoms with Crippen molar-refractivity contribution >= 4 is 23.2 Å². The third kappa shape index (κ3) is 3.18. The topological polar surface area (TPSA) is 49.4 Å². The summed E-state index contributed by atoms with van der Waals surface area (Å²) in [6.45, 7) is 1.84. The van der Waals surface area contributed by atoms with Gasteiger partial charge in [-0.25, -0.2) is 4.39 Å². The highest BCUT2D eigenvalue weighted by atomic mass is 32.1. The minimum absolute atomic E-state index is 0.00141. The number of nitrogens with zero attached hydrogens (tertiary/aromatic N) is 1. The van der Waals surface area contributed by atoms with Crippen molar-refractivity contribution in [2.75, 3.05) is 13.1 Å². The van der Waals surface area contributed by atoms with E-state index in [-0.39, 0.29) is 29.0 Å². The number of carbonyl (C=O) groups is 2. The molecule has 0 bridgehead atoms. The molecule has 1 spiro atoms. The van der Waals surface area contributed by atoms with E-state index in [0.29, 0.717) is 25.2 Å². The zero-order valence-electron chi connectivity index (χ0n) is 13.7. The number of amides is 2. The molecule has 1 N–H and O–H groups in total. The number of carbonyl (C=O) groups excluding carboxylic acids is 2. The molecular formula is C19H19FN2O2S. The van der Waals surface area contributed by atoms with E-state index >= 15 is 0 Å². The molecule has 2 aromatic rings. The van der Waals surface area contributed by atoms with Crippen molar-refractivity contribution in [3.05, 3.63) is 58.0 Å². The summed E-state index contributed by atoms with van der Waals surface area (Å²) in [6, 6.07) is 9.61. The first-order chi connectivity index (χ1) is 12.1. The Balaban J connectivity index is 1.34. The minimum Gasteiger partial charge on any atom is -0.351 e. The Kier molecular flexibility index (Phi) is 4.07. The van der Waals surface area contributed by atoms with Gasteiger partial charge in [0, 0.05) is 34.9 Å². The van der Waals surface area contributed by atoms with Crippen LogP contribution < -0.4 is 5.32 Å². The molecule has 1 aromatic heterocycles. The van der Waals surface area contributed by atoms with E-state index in [1.807, 2.05) is 17.5 Å². The largest absolute Gasteiger partial charge is 0.351 e. The third-order valence-electron chi connectivity index (χ3n) is 5.29. The first-order valence-electron chi connectivity index (χ1n) is 8.42. The summed E-state index contributed by atoms with van der Waals surface area (Å²) in [6.07, 6.45) is 1.70. The van der Waals surface area contributed by atoms with E-state index in [1.54, 1.807) is 16.2 Å². The molecule has 2 aliphatic rings. The Bertz CT molecular complexity index is 790. The minimum atomic E-state index is -0.348. The average Bonchev–Trinajstić information content (AvgIpc) is 2.96. The smallest absolute Gasteiger partial charge is 0.253 e. The lowest BCUT2D eigenvalue weighted by Crippen LogP contribution is -2.31. The summed E-state index contributed by atoms with van der Waals surface area (Å²) in [5.41, 5.74) is 0.438. The summed E-state index contributed by atoms with van der Waals surface area (Å²) in [7, 11) is 0. The van der Waals surface area contributed by atoms with Crippen LogP contribution in [0.1, 0.15) is 28.1 Å². The fourth-order valence-electron chi connectivity index (χ4n) is 3.72. The van der Waals surface area contributed by atoms with Gasteiger partial charge in [-0.1, -0.05) is 6.07 Å². The molecule has 4 nitrogen and oxygen atoms in total. The molecule has 2 atom stereocenters. The van der Waals surface area contributed by atoms with Gasteiger partial charge in [-0.15, -0.1) is 11.3 Å². The Hall–Kier alpha value is -2.21. The second-order valence-corrected chi connectivity index (χ2v) is 7.93. The number of hydrogen-bond acceptors (Lipinski definition) is 3. The summed E-state index contributed by atoms with van der Waals surface area (Å²) >= 11 is 1.63. The second kappa shape index (κ2) is 6.26. The Labute approximate surface area is 149 Å². The first kappa shape index (κ1) is 16.3. The molecule has 2 heterocycles. The zero-order chi connectivity index (χ0) is 17.4. The number of rotatable bonds is 4. The fourth-order valence-corrected chi connectivity index (χ4v) is 4.37. The van der Waals surface area contributed by atoms with Crippen molar-refractivity contribution in [1.82, 2.24) is 10.2 Å². The van der Waals surface area contributed by atoms with Crippen LogP contribution >= 0.6 is 11.3 Å². The van der Waals surface area contributed by atoms with Crippen molar-refractivity contribution < 1.29 is 14.0 Å². The molecule has 25 heavy (non-hydrogen) atoms. The molecule has 6 heteroatoms. The van der Waals surface area contributed by atoms with E-state index in [0.717, 1.165) is 17.7 Å². The molecule has 0 unspecified atom stereocenters. The van der Waals surface area contributed by atoms with Crippen LogP contribution in [0.2, 0.25) is 0 Å². The molecule has 1 aromatic carbocycles.